The molecule has 2 aromatic carbocycles. The number of fused-ring (bicyclic) bond motifs is 2. The molecule has 0 saturated carbocycles. The van der Waals surface area contributed by atoms with Crippen LogP contribution in [0.2, 0.25) is 25.7 Å². The molecular formula is C29H32N4O3Si. The number of hydrogen-bond acceptors (Lipinski definition) is 5. The number of hydrogen-bond donors (Lipinski definition) is 0. The predicted molar refractivity (Wildman–Crippen MR) is 146 cm³/mol. The van der Waals surface area contributed by atoms with E-state index in [2.05, 4.69) is 36.8 Å². The van der Waals surface area contributed by atoms with Crippen LogP contribution in [0.4, 0.5) is 0 Å². The quantitative estimate of drug-likeness (QED) is 0.169. The molecule has 190 valence electrons. The summed E-state index contributed by atoms with van der Waals surface area (Å²) in [6.45, 7) is 10.4. The first-order valence-electron chi connectivity index (χ1n) is 12.6. The molecular weight excluding hydrogens is 480 g/mol. The SMILES string of the molecule is Cc1cc(C(CN2C(=O)c3ccccc3C2=O)c2ccccn2)cc2cn(COCC[Si](C)(C)C)nc12. The van der Waals surface area contributed by atoms with Crippen LogP contribution < -0.4 is 0 Å². The number of aromatic nitrogens is 3. The number of nitrogens with zero attached hydrogens (tertiary/aromatic N) is 4. The highest BCUT2D eigenvalue weighted by molar-refractivity contribution is 6.76. The van der Waals surface area contributed by atoms with E-state index < -0.39 is 8.07 Å². The van der Waals surface area contributed by atoms with Gasteiger partial charge in [-0.2, -0.15) is 5.10 Å². The first kappa shape index (κ1) is 25.0. The summed E-state index contributed by atoms with van der Waals surface area (Å²) in [6, 6.07) is 18.0. The molecule has 7 nitrogen and oxygen atoms in total. The summed E-state index contributed by atoms with van der Waals surface area (Å²) in [4.78, 5) is 32.2. The number of pyridine rings is 1. The Morgan fingerprint density at radius 3 is 2.32 bits per heavy atom. The first-order valence-corrected chi connectivity index (χ1v) is 16.3. The summed E-state index contributed by atoms with van der Waals surface area (Å²) in [5.41, 5.74) is 4.64. The zero-order chi connectivity index (χ0) is 26.2. The van der Waals surface area contributed by atoms with Crippen molar-refractivity contribution in [1.82, 2.24) is 19.7 Å². The van der Waals surface area contributed by atoms with Gasteiger partial charge in [0, 0.05) is 50.6 Å². The van der Waals surface area contributed by atoms with Gasteiger partial charge in [-0.1, -0.05) is 43.9 Å². The van der Waals surface area contributed by atoms with Crippen LogP contribution in [0.3, 0.4) is 0 Å². The van der Waals surface area contributed by atoms with Gasteiger partial charge in [-0.3, -0.25) is 19.5 Å². The molecule has 4 aromatic rings. The zero-order valence-corrected chi connectivity index (χ0v) is 22.8. The van der Waals surface area contributed by atoms with E-state index in [-0.39, 0.29) is 24.3 Å². The third kappa shape index (κ3) is 5.26. The van der Waals surface area contributed by atoms with Gasteiger partial charge in [-0.15, -0.1) is 0 Å². The molecule has 5 rings (SSSR count). The normalized spacial score (nSPS) is 14.4. The molecule has 2 aromatic heterocycles. The number of ether oxygens (including phenoxy) is 1. The van der Waals surface area contributed by atoms with Crippen molar-refractivity contribution in [3.8, 4) is 0 Å². The largest absolute Gasteiger partial charge is 0.360 e. The second-order valence-corrected chi connectivity index (χ2v) is 16.5. The predicted octanol–water partition coefficient (Wildman–Crippen LogP) is 5.48. The van der Waals surface area contributed by atoms with Crippen molar-refractivity contribution in [2.75, 3.05) is 13.2 Å². The van der Waals surface area contributed by atoms with Crippen molar-refractivity contribution in [2.24, 2.45) is 0 Å². The van der Waals surface area contributed by atoms with Gasteiger partial charge >= 0.3 is 0 Å². The van der Waals surface area contributed by atoms with E-state index in [1.54, 1.807) is 30.5 Å². The second-order valence-electron chi connectivity index (χ2n) is 10.9. The van der Waals surface area contributed by atoms with Crippen LogP contribution in [0.5, 0.6) is 0 Å². The topological polar surface area (TPSA) is 77.3 Å². The number of carbonyl (C=O) groups is 2. The van der Waals surface area contributed by atoms with Gasteiger partial charge in [0.25, 0.3) is 11.8 Å². The monoisotopic (exact) mass is 512 g/mol. The average Bonchev–Trinajstić information content (AvgIpc) is 3.39. The highest BCUT2D eigenvalue weighted by atomic mass is 28.3. The Morgan fingerprint density at radius 1 is 0.973 bits per heavy atom. The van der Waals surface area contributed by atoms with Gasteiger partial charge in [-0.05, 0) is 54.4 Å². The van der Waals surface area contributed by atoms with E-state index in [1.807, 2.05) is 36.0 Å². The Morgan fingerprint density at radius 2 is 1.68 bits per heavy atom. The summed E-state index contributed by atoms with van der Waals surface area (Å²) in [7, 11) is -1.15. The summed E-state index contributed by atoms with van der Waals surface area (Å²) >= 11 is 0. The van der Waals surface area contributed by atoms with Crippen molar-refractivity contribution < 1.29 is 14.3 Å². The Balaban J connectivity index is 1.44. The van der Waals surface area contributed by atoms with Gasteiger partial charge in [0.2, 0.25) is 0 Å². The number of imide groups is 1. The minimum atomic E-state index is -1.15. The lowest BCUT2D eigenvalue weighted by Gasteiger charge is -2.23. The first-order chi connectivity index (χ1) is 17.7. The Labute approximate surface area is 218 Å². The van der Waals surface area contributed by atoms with Crippen LogP contribution in [0.25, 0.3) is 10.9 Å². The lowest BCUT2D eigenvalue weighted by atomic mass is 9.92. The number of aryl methyl sites for hydroxylation is 1. The summed E-state index contributed by atoms with van der Waals surface area (Å²) in [5, 5.41) is 5.74. The van der Waals surface area contributed by atoms with Gasteiger partial charge in [0.05, 0.1) is 16.6 Å². The van der Waals surface area contributed by atoms with Crippen LogP contribution in [-0.4, -0.2) is 52.7 Å². The van der Waals surface area contributed by atoms with E-state index in [0.29, 0.717) is 17.9 Å². The second kappa shape index (κ2) is 10.0. The average molecular weight is 513 g/mol. The van der Waals surface area contributed by atoms with E-state index in [1.165, 1.54) is 4.90 Å². The van der Waals surface area contributed by atoms with Gasteiger partial charge in [-0.25, -0.2) is 4.68 Å². The fourth-order valence-corrected chi connectivity index (χ4v) is 5.49. The van der Waals surface area contributed by atoms with Crippen molar-refractivity contribution in [3.63, 3.8) is 0 Å². The van der Waals surface area contributed by atoms with E-state index >= 15 is 0 Å². The molecule has 1 unspecified atom stereocenters. The maximum atomic E-state index is 13.1. The molecule has 3 heterocycles. The lowest BCUT2D eigenvalue weighted by molar-refractivity contribution is 0.0649. The molecule has 0 bridgehead atoms. The molecule has 0 radical (unpaired) electrons. The number of benzene rings is 2. The third-order valence-electron chi connectivity index (χ3n) is 6.78. The molecule has 0 aliphatic carbocycles. The Kier molecular flexibility index (Phi) is 6.79. The third-order valence-corrected chi connectivity index (χ3v) is 8.48. The van der Waals surface area contributed by atoms with E-state index in [0.717, 1.165) is 40.4 Å². The van der Waals surface area contributed by atoms with E-state index in [9.17, 15) is 9.59 Å². The lowest BCUT2D eigenvalue weighted by Crippen LogP contribution is -2.34. The fraction of sp³-hybridized carbons (Fsp3) is 0.310. The zero-order valence-electron chi connectivity index (χ0n) is 21.8. The van der Waals surface area contributed by atoms with Crippen LogP contribution >= 0.6 is 0 Å². The van der Waals surface area contributed by atoms with E-state index in [4.69, 9.17) is 9.84 Å². The highest BCUT2D eigenvalue weighted by Gasteiger charge is 2.37. The Bertz CT molecular complexity index is 1420. The van der Waals surface area contributed by atoms with Gasteiger partial charge in [0.1, 0.15) is 6.73 Å². The molecule has 1 atom stereocenters. The van der Waals surface area contributed by atoms with Gasteiger partial charge in [0.15, 0.2) is 0 Å². The summed E-state index contributed by atoms with van der Waals surface area (Å²) < 4.78 is 7.74. The molecule has 0 fully saturated rings. The fourth-order valence-electron chi connectivity index (χ4n) is 4.73. The van der Waals surface area contributed by atoms with Crippen molar-refractivity contribution in [3.05, 3.63) is 94.9 Å². The smallest absolute Gasteiger partial charge is 0.261 e. The molecule has 8 heteroatoms. The molecule has 0 spiro atoms. The molecule has 37 heavy (non-hydrogen) atoms. The minimum absolute atomic E-state index is 0.211. The molecule has 1 aliphatic heterocycles. The van der Waals surface area contributed by atoms with Crippen molar-refractivity contribution in [1.29, 1.82) is 0 Å². The Hall–Kier alpha value is -3.62. The molecule has 0 N–H and O–H groups in total. The van der Waals surface area contributed by atoms with Crippen molar-refractivity contribution >= 4 is 30.8 Å². The maximum absolute atomic E-state index is 13.1. The molecule has 2 amide bonds. The van der Waals surface area contributed by atoms with Gasteiger partial charge < -0.3 is 4.74 Å². The summed E-state index contributed by atoms with van der Waals surface area (Å²) in [6.07, 6.45) is 3.74. The van der Waals surface area contributed by atoms with Crippen molar-refractivity contribution in [2.45, 2.75) is 45.3 Å². The summed E-state index contributed by atoms with van der Waals surface area (Å²) in [5.74, 6) is -0.798. The number of rotatable bonds is 9. The molecule has 1 aliphatic rings. The molecule has 0 saturated heterocycles. The van der Waals surface area contributed by atoms with Crippen LogP contribution in [0, 0.1) is 6.92 Å². The number of amides is 2. The van der Waals surface area contributed by atoms with Crippen LogP contribution in [0.1, 0.15) is 43.5 Å². The standard InChI is InChI=1S/C29H32N4O3Si/c1-20-15-21(16-22-17-32(31-27(20)22)19-36-13-14-37(2,3)4)25(26-11-7-8-12-30-26)18-33-28(34)23-9-5-6-10-24(23)29(33)35/h5-12,15-17,25H,13-14,18-19H2,1-4H3. The van der Waals surface area contributed by atoms with Crippen LogP contribution in [0.15, 0.2) is 67.0 Å². The van der Waals surface area contributed by atoms with Crippen LogP contribution in [-0.2, 0) is 11.5 Å². The highest BCUT2D eigenvalue weighted by Crippen LogP contribution is 2.32. The number of carbonyl (C=O) groups excluding carboxylic acids is 2. The maximum Gasteiger partial charge on any atom is 0.261 e. The minimum Gasteiger partial charge on any atom is -0.360 e.